The normalized spacial score (nSPS) is 11.7. The minimum atomic E-state index is -3.45. The number of pyridine rings is 1. The van der Waals surface area contributed by atoms with Gasteiger partial charge in [0.15, 0.2) is 0 Å². The van der Waals surface area contributed by atoms with Gasteiger partial charge >= 0.3 is 0 Å². The van der Waals surface area contributed by atoms with Gasteiger partial charge < -0.3 is 5.32 Å². The number of aryl methyl sites for hydroxylation is 2. The topological polar surface area (TPSA) is 88.9 Å². The molecule has 0 saturated carbocycles. The van der Waals surface area contributed by atoms with Gasteiger partial charge in [-0.15, -0.1) is 0 Å². The molecule has 7 nitrogen and oxygen atoms in total. The molecule has 0 atom stereocenters. The van der Waals surface area contributed by atoms with Crippen molar-refractivity contribution in [3.05, 3.63) is 35.3 Å². The van der Waals surface area contributed by atoms with Gasteiger partial charge in [0.05, 0.1) is 5.69 Å². The number of nitrogens with zero attached hydrogens (tertiary/aromatic N) is 3. The SMILES string of the molecule is CCCn1nc(C)c(CNc2ccc(S(=O)(=O)NC)cn2)c1C. The van der Waals surface area contributed by atoms with Gasteiger partial charge in [0, 0.05) is 30.5 Å². The number of anilines is 1. The van der Waals surface area contributed by atoms with E-state index in [0.717, 1.165) is 29.9 Å². The molecule has 0 spiro atoms. The lowest BCUT2D eigenvalue weighted by atomic mass is 10.2. The van der Waals surface area contributed by atoms with Crippen molar-refractivity contribution in [2.24, 2.45) is 0 Å². The lowest BCUT2D eigenvalue weighted by molar-refractivity contribution is 0.582. The quantitative estimate of drug-likeness (QED) is 0.804. The third-order valence-corrected chi connectivity index (χ3v) is 5.13. The van der Waals surface area contributed by atoms with Crippen molar-refractivity contribution in [2.75, 3.05) is 12.4 Å². The Morgan fingerprint density at radius 2 is 2.00 bits per heavy atom. The van der Waals surface area contributed by atoms with Crippen LogP contribution in [-0.4, -0.2) is 30.2 Å². The van der Waals surface area contributed by atoms with Gasteiger partial charge in [-0.3, -0.25) is 4.68 Å². The first kappa shape index (κ1) is 17.4. The van der Waals surface area contributed by atoms with Crippen LogP contribution >= 0.6 is 0 Å². The first-order valence-corrected chi connectivity index (χ1v) is 9.03. The summed E-state index contributed by atoms with van der Waals surface area (Å²) in [4.78, 5) is 4.30. The maximum absolute atomic E-state index is 11.7. The zero-order valence-electron chi connectivity index (χ0n) is 13.9. The molecule has 2 N–H and O–H groups in total. The van der Waals surface area contributed by atoms with E-state index in [1.807, 2.05) is 11.6 Å². The summed E-state index contributed by atoms with van der Waals surface area (Å²) in [6, 6.07) is 3.19. The van der Waals surface area contributed by atoms with Crippen molar-refractivity contribution in [3.8, 4) is 0 Å². The Balaban J connectivity index is 2.10. The molecule has 2 heterocycles. The molecule has 23 heavy (non-hydrogen) atoms. The van der Waals surface area contributed by atoms with Gasteiger partial charge in [0.25, 0.3) is 0 Å². The lowest BCUT2D eigenvalue weighted by Gasteiger charge is -2.08. The number of sulfonamides is 1. The smallest absolute Gasteiger partial charge is 0.241 e. The Hall–Kier alpha value is -1.93. The zero-order chi connectivity index (χ0) is 17.0. The monoisotopic (exact) mass is 337 g/mol. The molecule has 2 aromatic rings. The summed E-state index contributed by atoms with van der Waals surface area (Å²) in [5.74, 6) is 0.627. The molecule has 0 unspecified atom stereocenters. The van der Waals surface area contributed by atoms with Crippen molar-refractivity contribution in [3.63, 3.8) is 0 Å². The Kier molecular flexibility index (Phi) is 5.38. The summed E-state index contributed by atoms with van der Waals surface area (Å²) in [6.45, 7) is 7.68. The highest BCUT2D eigenvalue weighted by Gasteiger charge is 2.13. The molecule has 2 aromatic heterocycles. The number of aromatic nitrogens is 3. The molecule has 0 fully saturated rings. The highest BCUT2D eigenvalue weighted by atomic mass is 32.2. The van der Waals surface area contributed by atoms with Crippen LogP contribution in [0.4, 0.5) is 5.82 Å². The second kappa shape index (κ2) is 7.10. The Labute approximate surface area is 137 Å². The fourth-order valence-corrected chi connectivity index (χ4v) is 3.03. The Bertz CT molecular complexity index is 766. The summed E-state index contributed by atoms with van der Waals surface area (Å²) < 4.78 is 27.6. The average molecular weight is 337 g/mol. The van der Waals surface area contributed by atoms with E-state index in [9.17, 15) is 8.42 Å². The summed E-state index contributed by atoms with van der Waals surface area (Å²) in [5, 5.41) is 7.75. The third-order valence-electron chi connectivity index (χ3n) is 3.73. The van der Waals surface area contributed by atoms with Crippen LogP contribution < -0.4 is 10.0 Å². The van der Waals surface area contributed by atoms with E-state index in [2.05, 4.69) is 34.0 Å². The summed E-state index contributed by atoms with van der Waals surface area (Å²) in [7, 11) is -2.08. The molecule has 0 saturated heterocycles. The Morgan fingerprint density at radius 3 is 2.57 bits per heavy atom. The molecule has 0 bridgehead atoms. The maximum atomic E-state index is 11.7. The molecule has 0 aliphatic carbocycles. The molecule has 2 rings (SSSR count). The molecule has 126 valence electrons. The summed E-state index contributed by atoms with van der Waals surface area (Å²) in [5.41, 5.74) is 3.29. The average Bonchev–Trinajstić information content (AvgIpc) is 2.80. The second-order valence-corrected chi connectivity index (χ2v) is 7.20. The van der Waals surface area contributed by atoms with Gasteiger partial charge in [0.1, 0.15) is 10.7 Å². The molecular weight excluding hydrogens is 314 g/mol. The van der Waals surface area contributed by atoms with Crippen LogP contribution in [0.5, 0.6) is 0 Å². The molecule has 8 heteroatoms. The van der Waals surface area contributed by atoms with Gasteiger partial charge in [-0.25, -0.2) is 18.1 Å². The predicted octanol–water partition coefficient (Wildman–Crippen LogP) is 1.83. The van der Waals surface area contributed by atoms with Crippen molar-refractivity contribution < 1.29 is 8.42 Å². The number of hydrogen-bond acceptors (Lipinski definition) is 5. The predicted molar refractivity (Wildman–Crippen MR) is 89.8 cm³/mol. The molecular formula is C15H23N5O2S. The van der Waals surface area contributed by atoms with Crippen LogP contribution in [0.15, 0.2) is 23.2 Å². The standard InChI is InChI=1S/C15H23N5O2S/c1-5-8-20-12(3)14(11(2)19-20)10-18-15-7-6-13(9-17-15)23(21,22)16-4/h6-7,9,16H,5,8,10H2,1-4H3,(H,17,18). The van der Waals surface area contributed by atoms with Gasteiger partial charge in [-0.2, -0.15) is 5.10 Å². The minimum Gasteiger partial charge on any atom is -0.366 e. The largest absolute Gasteiger partial charge is 0.366 e. The van der Waals surface area contributed by atoms with Gasteiger partial charge in [-0.05, 0) is 39.4 Å². The van der Waals surface area contributed by atoms with Gasteiger partial charge in [-0.1, -0.05) is 6.92 Å². The fourth-order valence-electron chi connectivity index (χ4n) is 2.36. The first-order chi connectivity index (χ1) is 10.9. The zero-order valence-corrected chi connectivity index (χ0v) is 14.7. The molecule has 0 aliphatic heterocycles. The van der Waals surface area contributed by atoms with E-state index in [-0.39, 0.29) is 4.90 Å². The van der Waals surface area contributed by atoms with E-state index in [1.165, 1.54) is 19.3 Å². The fraction of sp³-hybridized carbons (Fsp3) is 0.467. The number of rotatable bonds is 7. The van der Waals surface area contributed by atoms with Crippen LogP contribution in [0.25, 0.3) is 0 Å². The minimum absolute atomic E-state index is 0.147. The summed E-state index contributed by atoms with van der Waals surface area (Å²) >= 11 is 0. The van der Waals surface area contributed by atoms with Crippen molar-refractivity contribution >= 4 is 15.8 Å². The maximum Gasteiger partial charge on any atom is 0.241 e. The number of hydrogen-bond donors (Lipinski definition) is 2. The molecule has 0 amide bonds. The molecule has 0 radical (unpaired) electrons. The Morgan fingerprint density at radius 1 is 1.26 bits per heavy atom. The lowest BCUT2D eigenvalue weighted by Crippen LogP contribution is -2.18. The first-order valence-electron chi connectivity index (χ1n) is 7.55. The highest BCUT2D eigenvalue weighted by Crippen LogP contribution is 2.16. The third kappa shape index (κ3) is 3.89. The number of nitrogens with one attached hydrogen (secondary N) is 2. The summed E-state index contributed by atoms with van der Waals surface area (Å²) in [6.07, 6.45) is 2.38. The van der Waals surface area contributed by atoms with E-state index >= 15 is 0 Å². The van der Waals surface area contributed by atoms with Crippen molar-refractivity contribution in [1.29, 1.82) is 0 Å². The van der Waals surface area contributed by atoms with E-state index in [0.29, 0.717) is 12.4 Å². The van der Waals surface area contributed by atoms with E-state index in [1.54, 1.807) is 6.07 Å². The van der Waals surface area contributed by atoms with Crippen LogP contribution in [-0.2, 0) is 23.1 Å². The van der Waals surface area contributed by atoms with Crippen LogP contribution in [0.2, 0.25) is 0 Å². The van der Waals surface area contributed by atoms with Crippen LogP contribution in [0.1, 0.15) is 30.3 Å². The molecule has 0 aromatic carbocycles. The molecule has 0 aliphatic rings. The highest BCUT2D eigenvalue weighted by molar-refractivity contribution is 7.89. The van der Waals surface area contributed by atoms with Crippen molar-refractivity contribution in [2.45, 2.75) is 45.2 Å². The van der Waals surface area contributed by atoms with Gasteiger partial charge in [0.2, 0.25) is 10.0 Å². The van der Waals surface area contributed by atoms with Crippen LogP contribution in [0, 0.1) is 13.8 Å². The second-order valence-electron chi connectivity index (χ2n) is 5.31. The van der Waals surface area contributed by atoms with Crippen LogP contribution in [0.3, 0.4) is 0 Å². The van der Waals surface area contributed by atoms with Crippen molar-refractivity contribution in [1.82, 2.24) is 19.5 Å². The van der Waals surface area contributed by atoms with E-state index in [4.69, 9.17) is 0 Å². The van der Waals surface area contributed by atoms with E-state index < -0.39 is 10.0 Å².